The molecule has 0 aliphatic carbocycles. The van der Waals surface area contributed by atoms with Crippen molar-refractivity contribution < 1.29 is 4.74 Å². The van der Waals surface area contributed by atoms with Gasteiger partial charge in [-0.2, -0.15) is 0 Å². The van der Waals surface area contributed by atoms with Crippen LogP contribution in [0.25, 0.3) is 0 Å². The first-order chi connectivity index (χ1) is 6.75. The van der Waals surface area contributed by atoms with Gasteiger partial charge in [0.25, 0.3) is 0 Å². The fourth-order valence-corrected chi connectivity index (χ4v) is 2.90. The van der Waals surface area contributed by atoms with E-state index in [1.807, 2.05) is 0 Å². The zero-order chi connectivity index (χ0) is 9.97. The third-order valence-corrected chi connectivity index (χ3v) is 4.12. The van der Waals surface area contributed by atoms with E-state index in [4.69, 9.17) is 4.74 Å². The van der Waals surface area contributed by atoms with Crippen LogP contribution in [0.3, 0.4) is 0 Å². The normalized spacial score (nSPS) is 27.0. The number of hydrogen-bond donors (Lipinski definition) is 1. The van der Waals surface area contributed by atoms with Crippen molar-refractivity contribution in [2.45, 2.75) is 32.0 Å². The van der Waals surface area contributed by atoms with Gasteiger partial charge >= 0.3 is 0 Å². The van der Waals surface area contributed by atoms with Crippen molar-refractivity contribution in [1.82, 2.24) is 5.32 Å². The van der Waals surface area contributed by atoms with Crippen molar-refractivity contribution >= 4 is 27.3 Å². The molecule has 1 aromatic heterocycles. The van der Waals surface area contributed by atoms with Crippen LogP contribution in [0.2, 0.25) is 0 Å². The van der Waals surface area contributed by atoms with Crippen molar-refractivity contribution in [2.75, 3.05) is 6.61 Å². The van der Waals surface area contributed by atoms with Gasteiger partial charge in [-0.3, -0.25) is 0 Å². The fourth-order valence-electron chi connectivity index (χ4n) is 1.69. The highest BCUT2D eigenvalue weighted by molar-refractivity contribution is 9.11. The molecule has 1 aromatic rings. The Labute approximate surface area is 96.8 Å². The monoisotopic (exact) mass is 275 g/mol. The molecule has 0 amide bonds. The fraction of sp³-hybridized carbons (Fsp3) is 0.600. The van der Waals surface area contributed by atoms with Gasteiger partial charge in [0, 0.05) is 19.2 Å². The van der Waals surface area contributed by atoms with E-state index in [0.29, 0.717) is 12.1 Å². The minimum absolute atomic E-state index is 0.358. The Hall–Kier alpha value is 0.100. The van der Waals surface area contributed by atoms with Gasteiger partial charge in [-0.25, -0.2) is 0 Å². The third-order valence-electron chi connectivity index (χ3n) is 2.57. The van der Waals surface area contributed by atoms with Gasteiger partial charge in [-0.15, -0.1) is 11.3 Å². The summed E-state index contributed by atoms with van der Waals surface area (Å²) in [6.45, 7) is 3.97. The Morgan fingerprint density at radius 1 is 1.71 bits per heavy atom. The molecule has 14 heavy (non-hydrogen) atoms. The largest absolute Gasteiger partial charge is 0.377 e. The van der Waals surface area contributed by atoms with Crippen LogP contribution in [0.5, 0.6) is 0 Å². The van der Waals surface area contributed by atoms with Gasteiger partial charge in [0.15, 0.2) is 0 Å². The van der Waals surface area contributed by atoms with E-state index in [9.17, 15) is 0 Å². The van der Waals surface area contributed by atoms with Gasteiger partial charge in [0.05, 0.1) is 9.89 Å². The van der Waals surface area contributed by atoms with Crippen LogP contribution in [0.1, 0.15) is 18.9 Å². The first-order valence-electron chi connectivity index (χ1n) is 4.83. The van der Waals surface area contributed by atoms with E-state index in [0.717, 1.165) is 19.6 Å². The van der Waals surface area contributed by atoms with E-state index in [2.05, 4.69) is 39.6 Å². The molecule has 1 fully saturated rings. The third kappa shape index (κ3) is 2.57. The summed E-state index contributed by atoms with van der Waals surface area (Å²) in [6.07, 6.45) is 1.49. The minimum Gasteiger partial charge on any atom is -0.377 e. The molecule has 2 heterocycles. The topological polar surface area (TPSA) is 21.3 Å². The number of thiophene rings is 1. The molecule has 0 bridgehead atoms. The molecule has 2 nitrogen and oxygen atoms in total. The van der Waals surface area contributed by atoms with Crippen molar-refractivity contribution in [2.24, 2.45) is 0 Å². The summed E-state index contributed by atoms with van der Waals surface area (Å²) in [6, 6.07) is 2.69. The van der Waals surface area contributed by atoms with Crippen molar-refractivity contribution in [3.8, 4) is 0 Å². The molecule has 1 N–H and O–H groups in total. The van der Waals surface area contributed by atoms with E-state index in [-0.39, 0.29) is 0 Å². The molecule has 2 unspecified atom stereocenters. The van der Waals surface area contributed by atoms with Crippen LogP contribution in [0, 0.1) is 0 Å². The maximum absolute atomic E-state index is 5.49. The zero-order valence-electron chi connectivity index (χ0n) is 8.13. The highest BCUT2D eigenvalue weighted by Crippen LogP contribution is 2.21. The van der Waals surface area contributed by atoms with E-state index >= 15 is 0 Å². The average Bonchev–Trinajstić information content (AvgIpc) is 2.72. The molecule has 0 radical (unpaired) electrons. The summed E-state index contributed by atoms with van der Waals surface area (Å²) in [5.74, 6) is 0. The summed E-state index contributed by atoms with van der Waals surface area (Å²) in [5.41, 5.74) is 1.35. The summed E-state index contributed by atoms with van der Waals surface area (Å²) in [4.78, 5) is 0. The predicted octanol–water partition coefficient (Wildman–Crippen LogP) is 2.78. The molecule has 1 aliphatic rings. The Morgan fingerprint density at radius 3 is 3.14 bits per heavy atom. The number of halogens is 1. The molecule has 0 saturated carbocycles. The second kappa shape index (κ2) is 4.75. The van der Waals surface area contributed by atoms with Crippen LogP contribution in [-0.2, 0) is 11.3 Å². The quantitative estimate of drug-likeness (QED) is 0.916. The smallest absolute Gasteiger partial charge is 0.0701 e. The zero-order valence-corrected chi connectivity index (χ0v) is 10.5. The van der Waals surface area contributed by atoms with Crippen LogP contribution >= 0.6 is 27.3 Å². The summed E-state index contributed by atoms with van der Waals surface area (Å²) < 4.78 is 6.69. The van der Waals surface area contributed by atoms with E-state index in [1.54, 1.807) is 11.3 Å². The standard InChI is InChI=1S/C10H14BrNOS/c1-7-9(2-3-13-7)12-5-8-4-10(11)14-6-8/h4,6-7,9,12H,2-3,5H2,1H3. The van der Waals surface area contributed by atoms with Crippen LogP contribution in [0.4, 0.5) is 0 Å². The SMILES string of the molecule is CC1OCCC1NCc1csc(Br)c1. The number of ether oxygens (including phenoxy) is 1. The van der Waals surface area contributed by atoms with Crippen molar-refractivity contribution in [3.63, 3.8) is 0 Å². The number of hydrogen-bond acceptors (Lipinski definition) is 3. The second-order valence-corrected chi connectivity index (χ2v) is 5.90. The molecule has 0 spiro atoms. The lowest BCUT2D eigenvalue weighted by molar-refractivity contribution is 0.113. The number of rotatable bonds is 3. The molecular formula is C10H14BrNOS. The van der Waals surface area contributed by atoms with Crippen LogP contribution < -0.4 is 5.32 Å². The molecule has 2 atom stereocenters. The Balaban J connectivity index is 1.82. The van der Waals surface area contributed by atoms with Crippen molar-refractivity contribution in [3.05, 3.63) is 20.8 Å². The summed E-state index contributed by atoms with van der Waals surface area (Å²) in [7, 11) is 0. The predicted molar refractivity (Wildman–Crippen MR) is 62.7 cm³/mol. The average molecular weight is 276 g/mol. The Morgan fingerprint density at radius 2 is 2.57 bits per heavy atom. The van der Waals surface area contributed by atoms with E-state index < -0.39 is 0 Å². The van der Waals surface area contributed by atoms with Gasteiger partial charge < -0.3 is 10.1 Å². The molecule has 78 valence electrons. The molecule has 0 aromatic carbocycles. The maximum Gasteiger partial charge on any atom is 0.0701 e. The lowest BCUT2D eigenvalue weighted by Gasteiger charge is -2.15. The molecule has 1 saturated heterocycles. The maximum atomic E-state index is 5.49. The summed E-state index contributed by atoms with van der Waals surface area (Å²) in [5, 5.41) is 5.70. The highest BCUT2D eigenvalue weighted by atomic mass is 79.9. The van der Waals surface area contributed by atoms with Gasteiger partial charge in [0.1, 0.15) is 0 Å². The Kier molecular flexibility index (Phi) is 3.60. The lowest BCUT2D eigenvalue weighted by Crippen LogP contribution is -2.33. The second-order valence-electron chi connectivity index (χ2n) is 3.61. The molecule has 4 heteroatoms. The van der Waals surface area contributed by atoms with Gasteiger partial charge in [-0.05, 0) is 46.3 Å². The van der Waals surface area contributed by atoms with E-state index in [1.165, 1.54) is 9.35 Å². The summed E-state index contributed by atoms with van der Waals surface area (Å²) >= 11 is 5.20. The van der Waals surface area contributed by atoms with Crippen LogP contribution in [-0.4, -0.2) is 18.8 Å². The first-order valence-corrected chi connectivity index (χ1v) is 6.51. The first kappa shape index (κ1) is 10.6. The van der Waals surface area contributed by atoms with Gasteiger partial charge in [0.2, 0.25) is 0 Å². The minimum atomic E-state index is 0.358. The Bertz CT molecular complexity index is 302. The molecule has 1 aliphatic heterocycles. The van der Waals surface area contributed by atoms with Gasteiger partial charge in [-0.1, -0.05) is 0 Å². The van der Waals surface area contributed by atoms with Crippen molar-refractivity contribution in [1.29, 1.82) is 0 Å². The molecule has 2 rings (SSSR count). The molecular weight excluding hydrogens is 262 g/mol. The highest BCUT2D eigenvalue weighted by Gasteiger charge is 2.23. The lowest BCUT2D eigenvalue weighted by atomic mass is 10.1. The van der Waals surface area contributed by atoms with Crippen LogP contribution in [0.15, 0.2) is 15.2 Å². The number of nitrogens with one attached hydrogen (secondary N) is 1.